The fraction of sp³-hybridized carbons (Fsp3) is 0. The first kappa shape index (κ1) is 12.9. The first-order valence-corrected chi connectivity index (χ1v) is 6.35. The number of hydrogen-bond acceptors (Lipinski definition) is 4. The average Bonchev–Trinajstić information content (AvgIpc) is 2.47. The highest BCUT2D eigenvalue weighted by Crippen LogP contribution is 2.29. The van der Waals surface area contributed by atoms with Gasteiger partial charge in [-0.3, -0.25) is 9.78 Å². The van der Waals surface area contributed by atoms with Gasteiger partial charge in [0.05, 0.1) is 5.52 Å². The molecule has 0 aliphatic carbocycles. The number of carbonyl (C=O) groups excluding carboxylic acids is 1. The molecule has 1 aromatic heterocycles. The van der Waals surface area contributed by atoms with Crippen molar-refractivity contribution in [2.24, 2.45) is 5.73 Å². The van der Waals surface area contributed by atoms with Crippen molar-refractivity contribution >= 4 is 22.5 Å². The molecule has 0 saturated carbocycles. The van der Waals surface area contributed by atoms with Crippen molar-refractivity contribution in [3.05, 3.63) is 60.3 Å². The summed E-state index contributed by atoms with van der Waals surface area (Å²) in [6.45, 7) is 0. The molecule has 2 aromatic carbocycles. The molecule has 3 aromatic rings. The van der Waals surface area contributed by atoms with Crippen LogP contribution in [0.5, 0.6) is 11.5 Å². The number of aromatic nitrogens is 1. The Hall–Kier alpha value is -3.08. The Morgan fingerprint density at radius 3 is 2.76 bits per heavy atom. The van der Waals surface area contributed by atoms with Crippen molar-refractivity contribution in [2.45, 2.75) is 0 Å². The number of hydrogen-bond donors (Lipinski definition) is 2. The van der Waals surface area contributed by atoms with Crippen LogP contribution in [-0.2, 0) is 0 Å². The van der Waals surface area contributed by atoms with Gasteiger partial charge in [0.2, 0.25) is 5.91 Å². The summed E-state index contributed by atoms with van der Waals surface area (Å²) in [5.41, 5.74) is 12.8. The minimum atomic E-state index is -0.493. The van der Waals surface area contributed by atoms with Gasteiger partial charge in [-0.15, -0.1) is 0 Å². The summed E-state index contributed by atoms with van der Waals surface area (Å²) in [6, 6.07) is 13.9. The first-order chi connectivity index (χ1) is 10.1. The van der Waals surface area contributed by atoms with Crippen LogP contribution in [-0.4, -0.2) is 10.9 Å². The lowest BCUT2D eigenvalue weighted by Gasteiger charge is -2.09. The summed E-state index contributed by atoms with van der Waals surface area (Å²) >= 11 is 0. The standard InChI is InChI=1S/C16H13N3O2/c17-11-4-5-13-14(9-11)19-7-6-15(13)21-12-3-1-2-10(8-12)16(18)20/h1-9H,17H2,(H2,18,20). The molecule has 5 nitrogen and oxygen atoms in total. The zero-order valence-electron chi connectivity index (χ0n) is 11.1. The largest absolute Gasteiger partial charge is 0.457 e. The Morgan fingerprint density at radius 1 is 1.10 bits per heavy atom. The molecule has 1 amide bonds. The second kappa shape index (κ2) is 5.13. The van der Waals surface area contributed by atoms with Gasteiger partial charge < -0.3 is 16.2 Å². The number of nitrogens with two attached hydrogens (primary N) is 2. The van der Waals surface area contributed by atoms with Gasteiger partial charge in [0.1, 0.15) is 11.5 Å². The lowest BCUT2D eigenvalue weighted by molar-refractivity contribution is 0.1000. The van der Waals surface area contributed by atoms with Gasteiger partial charge in [-0.25, -0.2) is 0 Å². The molecule has 104 valence electrons. The molecule has 5 heteroatoms. The monoisotopic (exact) mass is 279 g/mol. The topological polar surface area (TPSA) is 91.2 Å². The number of anilines is 1. The normalized spacial score (nSPS) is 10.5. The predicted octanol–water partition coefficient (Wildman–Crippen LogP) is 2.71. The number of carbonyl (C=O) groups is 1. The molecular formula is C16H13N3O2. The number of benzene rings is 2. The highest BCUT2D eigenvalue weighted by Gasteiger charge is 2.07. The van der Waals surface area contributed by atoms with Gasteiger partial charge in [-0.05, 0) is 42.5 Å². The number of amides is 1. The highest BCUT2D eigenvalue weighted by molar-refractivity contribution is 5.93. The van der Waals surface area contributed by atoms with Crippen LogP contribution in [0.3, 0.4) is 0 Å². The molecule has 0 bridgehead atoms. The average molecular weight is 279 g/mol. The number of pyridine rings is 1. The molecule has 0 atom stereocenters. The molecule has 0 fully saturated rings. The molecule has 4 N–H and O–H groups in total. The van der Waals surface area contributed by atoms with E-state index in [9.17, 15) is 4.79 Å². The zero-order chi connectivity index (χ0) is 14.8. The number of rotatable bonds is 3. The Balaban J connectivity index is 2.02. The number of fused-ring (bicyclic) bond motifs is 1. The third-order valence-electron chi connectivity index (χ3n) is 3.07. The Kier molecular flexibility index (Phi) is 3.16. The van der Waals surface area contributed by atoms with Crippen LogP contribution in [0.1, 0.15) is 10.4 Å². The Bertz CT molecular complexity index is 831. The van der Waals surface area contributed by atoms with Gasteiger partial charge in [0.25, 0.3) is 0 Å². The lowest BCUT2D eigenvalue weighted by atomic mass is 10.2. The van der Waals surface area contributed by atoms with E-state index in [2.05, 4.69) is 4.98 Å². The van der Waals surface area contributed by atoms with Crippen LogP contribution in [0, 0.1) is 0 Å². The fourth-order valence-electron chi connectivity index (χ4n) is 2.07. The van der Waals surface area contributed by atoms with Crippen molar-refractivity contribution in [2.75, 3.05) is 5.73 Å². The Labute approximate surface area is 121 Å². The lowest BCUT2D eigenvalue weighted by Crippen LogP contribution is -2.10. The highest BCUT2D eigenvalue weighted by atomic mass is 16.5. The SMILES string of the molecule is NC(=O)c1cccc(Oc2ccnc3cc(N)ccc23)c1. The van der Waals surface area contributed by atoms with Gasteiger partial charge in [-0.2, -0.15) is 0 Å². The second-order valence-electron chi connectivity index (χ2n) is 4.58. The smallest absolute Gasteiger partial charge is 0.248 e. The number of primary amides is 1. The van der Waals surface area contributed by atoms with Crippen molar-refractivity contribution in [1.29, 1.82) is 0 Å². The molecule has 0 saturated heterocycles. The summed E-state index contributed by atoms with van der Waals surface area (Å²) < 4.78 is 5.83. The molecule has 1 heterocycles. The third-order valence-corrected chi connectivity index (χ3v) is 3.07. The van der Waals surface area contributed by atoms with Crippen molar-refractivity contribution in [3.8, 4) is 11.5 Å². The Morgan fingerprint density at radius 2 is 1.95 bits per heavy atom. The molecular weight excluding hydrogens is 266 g/mol. The quantitative estimate of drug-likeness (QED) is 0.721. The van der Waals surface area contributed by atoms with Crippen molar-refractivity contribution in [3.63, 3.8) is 0 Å². The van der Waals surface area contributed by atoms with Gasteiger partial charge in [-0.1, -0.05) is 6.07 Å². The predicted molar refractivity (Wildman–Crippen MR) is 81.2 cm³/mol. The molecule has 0 radical (unpaired) electrons. The number of ether oxygens (including phenoxy) is 1. The van der Waals surface area contributed by atoms with Crippen LogP contribution in [0.25, 0.3) is 10.9 Å². The molecule has 0 aliphatic heterocycles. The zero-order valence-corrected chi connectivity index (χ0v) is 11.1. The minimum absolute atomic E-state index is 0.398. The van der Waals surface area contributed by atoms with E-state index in [0.29, 0.717) is 22.7 Å². The van der Waals surface area contributed by atoms with Crippen molar-refractivity contribution in [1.82, 2.24) is 4.98 Å². The molecule has 3 rings (SSSR count). The maximum absolute atomic E-state index is 11.2. The molecule has 0 spiro atoms. The maximum atomic E-state index is 11.2. The summed E-state index contributed by atoms with van der Waals surface area (Å²) in [5, 5.41) is 0.844. The number of nitrogens with zero attached hydrogens (tertiary/aromatic N) is 1. The summed E-state index contributed by atoms with van der Waals surface area (Å²) in [5.74, 6) is 0.685. The van der Waals surface area contributed by atoms with Crippen LogP contribution in [0.15, 0.2) is 54.7 Å². The molecule has 0 unspecified atom stereocenters. The van der Waals surface area contributed by atoms with Crippen LogP contribution < -0.4 is 16.2 Å². The van der Waals surface area contributed by atoms with E-state index in [0.717, 1.165) is 10.9 Å². The number of nitrogen functional groups attached to an aromatic ring is 1. The summed E-state index contributed by atoms with van der Waals surface area (Å²) in [7, 11) is 0. The van der Waals surface area contributed by atoms with Gasteiger partial charge in [0, 0.05) is 22.8 Å². The van der Waals surface area contributed by atoms with E-state index in [1.807, 2.05) is 6.07 Å². The van der Waals surface area contributed by atoms with Crippen molar-refractivity contribution < 1.29 is 9.53 Å². The van der Waals surface area contributed by atoms with E-state index < -0.39 is 5.91 Å². The molecule has 21 heavy (non-hydrogen) atoms. The third kappa shape index (κ3) is 2.62. The van der Waals surface area contributed by atoms with E-state index in [-0.39, 0.29) is 0 Å². The minimum Gasteiger partial charge on any atom is -0.457 e. The second-order valence-corrected chi connectivity index (χ2v) is 4.58. The molecule has 0 aliphatic rings. The summed E-state index contributed by atoms with van der Waals surface area (Å²) in [6.07, 6.45) is 1.65. The van der Waals surface area contributed by atoms with Crippen LogP contribution in [0.2, 0.25) is 0 Å². The fourth-order valence-corrected chi connectivity index (χ4v) is 2.07. The van der Waals surface area contributed by atoms with E-state index in [1.54, 1.807) is 48.7 Å². The first-order valence-electron chi connectivity index (χ1n) is 6.35. The van der Waals surface area contributed by atoms with Gasteiger partial charge >= 0.3 is 0 Å². The van der Waals surface area contributed by atoms with E-state index >= 15 is 0 Å². The van der Waals surface area contributed by atoms with Crippen LogP contribution >= 0.6 is 0 Å². The van der Waals surface area contributed by atoms with E-state index in [1.165, 1.54) is 0 Å². The van der Waals surface area contributed by atoms with E-state index in [4.69, 9.17) is 16.2 Å². The summed E-state index contributed by atoms with van der Waals surface area (Å²) in [4.78, 5) is 15.5. The van der Waals surface area contributed by atoms with Crippen LogP contribution in [0.4, 0.5) is 5.69 Å². The maximum Gasteiger partial charge on any atom is 0.248 e. The van der Waals surface area contributed by atoms with Gasteiger partial charge in [0.15, 0.2) is 0 Å².